The lowest BCUT2D eigenvalue weighted by molar-refractivity contribution is -0.139. The molecule has 0 radical (unpaired) electrons. The molecule has 0 spiro atoms. The molecule has 0 atom stereocenters. The molecule has 196 valence electrons. The number of aromatic nitrogens is 2. The summed E-state index contributed by atoms with van der Waals surface area (Å²) in [5.74, 6) is -0.198. The molecule has 1 aromatic heterocycles. The van der Waals surface area contributed by atoms with Gasteiger partial charge in [0.25, 0.3) is 17.0 Å². The van der Waals surface area contributed by atoms with Crippen molar-refractivity contribution in [2.75, 3.05) is 19.0 Å². The van der Waals surface area contributed by atoms with Crippen LogP contribution in [0.3, 0.4) is 0 Å². The second kappa shape index (κ2) is 14.3. The fourth-order valence-electron chi connectivity index (χ4n) is 2.62. The van der Waals surface area contributed by atoms with Crippen molar-refractivity contribution < 1.29 is 33.3 Å². The molecule has 11 nitrogen and oxygen atoms in total. The zero-order valence-corrected chi connectivity index (χ0v) is 23.6. The summed E-state index contributed by atoms with van der Waals surface area (Å²) in [6.45, 7) is 1.64. The largest absolute Gasteiger partial charge is 0.490 e. The number of amides is 1. The van der Waals surface area contributed by atoms with E-state index in [0.717, 1.165) is 11.8 Å². The number of aliphatic carboxylic acids is 1. The number of nitrogens with zero attached hydrogens (tertiary/aromatic N) is 3. The summed E-state index contributed by atoms with van der Waals surface area (Å²) in [6, 6.07) is 8.17. The molecule has 1 heterocycles. The number of carbonyl (C=O) groups excluding carboxylic acids is 1. The topological polar surface area (TPSA) is 145 Å². The van der Waals surface area contributed by atoms with E-state index in [1.54, 1.807) is 37.3 Å². The van der Waals surface area contributed by atoms with E-state index in [9.17, 15) is 9.59 Å². The van der Waals surface area contributed by atoms with Gasteiger partial charge in [-0.05, 0) is 65.4 Å². The zero-order valence-electron chi connectivity index (χ0n) is 19.1. The number of carboxylic acids is 1. The predicted molar refractivity (Wildman–Crippen MR) is 145 cm³/mol. The van der Waals surface area contributed by atoms with Gasteiger partial charge >= 0.3 is 5.97 Å². The van der Waals surface area contributed by atoms with E-state index in [2.05, 4.69) is 20.7 Å². The van der Waals surface area contributed by atoms with E-state index in [4.69, 9.17) is 46.9 Å². The molecule has 3 aromatic rings. The van der Waals surface area contributed by atoms with Crippen LogP contribution in [-0.2, 0) is 16.2 Å². The minimum atomic E-state index is -1.10. The smallest absolute Gasteiger partial charge is 0.341 e. The van der Waals surface area contributed by atoms with E-state index in [1.165, 1.54) is 6.21 Å². The molecule has 2 aromatic carbocycles. The molecule has 0 saturated heterocycles. The standard InChI is InChI=1S/C22H19Cl2IN4O7S/c1-2-33-17-6-12(5-15(25)21(17)35-10-20(31)32)8-26-27-18(30)11-37-22-29-28-19(36-22)9-34-16-4-3-13(23)7-14(16)24/h3-8H,2,9-11H2,1H3,(H,27,30)(H,31,32)/b26-8-. The number of halogens is 3. The van der Waals surface area contributed by atoms with Gasteiger partial charge in [0.1, 0.15) is 5.75 Å². The fraction of sp³-hybridized carbons (Fsp3) is 0.227. The third-order valence-corrected chi connectivity index (χ3v) is 6.24. The highest BCUT2D eigenvalue weighted by Gasteiger charge is 2.14. The van der Waals surface area contributed by atoms with Gasteiger partial charge in [-0.25, -0.2) is 10.2 Å². The third-order valence-electron chi connectivity index (χ3n) is 4.09. The highest BCUT2D eigenvalue weighted by molar-refractivity contribution is 14.1. The molecule has 1 amide bonds. The molecule has 0 fully saturated rings. The normalized spacial score (nSPS) is 10.9. The van der Waals surface area contributed by atoms with Gasteiger partial charge in [0.05, 0.1) is 27.2 Å². The SMILES string of the molecule is CCOc1cc(/C=N\NC(=O)CSc2nnc(COc3ccc(Cl)cc3Cl)o2)cc(I)c1OCC(=O)O. The molecule has 0 aliphatic carbocycles. The van der Waals surface area contributed by atoms with Crippen molar-refractivity contribution >= 4 is 75.6 Å². The summed E-state index contributed by atoms with van der Waals surface area (Å²) in [7, 11) is 0. The highest BCUT2D eigenvalue weighted by atomic mass is 127. The maximum absolute atomic E-state index is 12.1. The number of hydrogen-bond donors (Lipinski definition) is 2. The summed E-state index contributed by atoms with van der Waals surface area (Å²) in [5.41, 5.74) is 3.03. The Morgan fingerprint density at radius 3 is 2.73 bits per heavy atom. The summed E-state index contributed by atoms with van der Waals surface area (Å²) in [6.07, 6.45) is 1.43. The molecular formula is C22H19Cl2IN4O7S. The lowest BCUT2D eigenvalue weighted by atomic mass is 10.2. The van der Waals surface area contributed by atoms with Gasteiger partial charge in [0.15, 0.2) is 24.7 Å². The number of hydrazone groups is 1. The Kier molecular flexibility index (Phi) is 11.1. The van der Waals surface area contributed by atoms with Gasteiger partial charge in [-0.1, -0.05) is 35.0 Å². The lowest BCUT2D eigenvalue weighted by Crippen LogP contribution is -2.19. The second-order valence-electron chi connectivity index (χ2n) is 6.85. The molecule has 0 unspecified atom stereocenters. The minimum Gasteiger partial charge on any atom is -0.490 e. The fourth-order valence-corrected chi connectivity index (χ4v) is 4.44. The van der Waals surface area contributed by atoms with Gasteiger partial charge in [0, 0.05) is 5.02 Å². The molecule has 0 bridgehead atoms. The first-order chi connectivity index (χ1) is 17.7. The van der Waals surface area contributed by atoms with Crippen LogP contribution in [0.1, 0.15) is 18.4 Å². The van der Waals surface area contributed by atoms with Gasteiger partial charge < -0.3 is 23.7 Å². The first-order valence-electron chi connectivity index (χ1n) is 10.4. The Morgan fingerprint density at radius 1 is 1.19 bits per heavy atom. The van der Waals surface area contributed by atoms with Gasteiger partial charge in [-0.3, -0.25) is 4.79 Å². The van der Waals surface area contributed by atoms with E-state index >= 15 is 0 Å². The quantitative estimate of drug-likeness (QED) is 0.113. The first-order valence-corrected chi connectivity index (χ1v) is 13.2. The van der Waals surface area contributed by atoms with Crippen molar-refractivity contribution in [3.63, 3.8) is 0 Å². The van der Waals surface area contributed by atoms with Crippen molar-refractivity contribution in [2.24, 2.45) is 5.10 Å². The minimum absolute atomic E-state index is 0.00588. The Morgan fingerprint density at radius 2 is 2.00 bits per heavy atom. The van der Waals surface area contributed by atoms with Gasteiger partial charge in [-0.15, -0.1) is 10.2 Å². The molecule has 0 aliphatic heterocycles. The Hall–Kier alpha value is -2.75. The Balaban J connectivity index is 1.49. The van der Waals surface area contributed by atoms with E-state index in [1.807, 2.05) is 22.6 Å². The molecule has 2 N–H and O–H groups in total. The summed E-state index contributed by atoms with van der Waals surface area (Å²) >= 11 is 15.0. The maximum Gasteiger partial charge on any atom is 0.341 e. The van der Waals surface area contributed by atoms with Crippen LogP contribution < -0.4 is 19.6 Å². The molecule has 15 heteroatoms. The van der Waals surface area contributed by atoms with Crippen LogP contribution in [0, 0.1) is 3.57 Å². The Bertz CT molecular complexity index is 1290. The summed E-state index contributed by atoms with van der Waals surface area (Å²) < 4.78 is 22.5. The predicted octanol–water partition coefficient (Wildman–Crippen LogP) is 4.66. The van der Waals surface area contributed by atoms with Crippen molar-refractivity contribution in [1.82, 2.24) is 15.6 Å². The molecule has 0 aliphatic rings. The molecule has 37 heavy (non-hydrogen) atoms. The molecule has 0 saturated carbocycles. The second-order valence-corrected chi connectivity index (χ2v) is 9.78. The number of thioether (sulfide) groups is 1. The number of carboxylic acid groups (broad SMARTS) is 1. The third kappa shape index (κ3) is 9.25. The number of hydrogen-bond acceptors (Lipinski definition) is 10. The van der Waals surface area contributed by atoms with Crippen molar-refractivity contribution in [3.05, 3.63) is 55.4 Å². The lowest BCUT2D eigenvalue weighted by Gasteiger charge is -2.13. The number of benzene rings is 2. The zero-order chi connectivity index (χ0) is 26.8. The first kappa shape index (κ1) is 28.8. The van der Waals surface area contributed by atoms with Gasteiger partial charge in [0.2, 0.25) is 0 Å². The average molecular weight is 681 g/mol. The van der Waals surface area contributed by atoms with Crippen LogP contribution in [0.2, 0.25) is 10.0 Å². The number of nitrogens with one attached hydrogen (secondary N) is 1. The average Bonchev–Trinajstić information content (AvgIpc) is 3.29. The van der Waals surface area contributed by atoms with Crippen molar-refractivity contribution in [1.29, 1.82) is 0 Å². The van der Waals surface area contributed by atoms with Crippen LogP contribution in [-0.4, -0.2) is 52.4 Å². The van der Waals surface area contributed by atoms with Crippen molar-refractivity contribution in [3.8, 4) is 17.2 Å². The van der Waals surface area contributed by atoms with Crippen LogP contribution in [0.4, 0.5) is 0 Å². The van der Waals surface area contributed by atoms with Crippen LogP contribution in [0.25, 0.3) is 0 Å². The van der Waals surface area contributed by atoms with Crippen LogP contribution in [0.15, 0.2) is 45.1 Å². The Labute approximate surface area is 239 Å². The van der Waals surface area contributed by atoms with Crippen LogP contribution in [0.5, 0.6) is 17.2 Å². The highest BCUT2D eigenvalue weighted by Crippen LogP contribution is 2.34. The summed E-state index contributed by atoms with van der Waals surface area (Å²) in [5, 5.41) is 21.6. The van der Waals surface area contributed by atoms with E-state index in [-0.39, 0.29) is 23.5 Å². The monoisotopic (exact) mass is 680 g/mol. The summed E-state index contributed by atoms with van der Waals surface area (Å²) in [4.78, 5) is 23.0. The molecular weight excluding hydrogens is 662 g/mol. The number of carbonyl (C=O) groups is 2. The number of rotatable bonds is 13. The maximum atomic E-state index is 12.1. The van der Waals surface area contributed by atoms with E-state index in [0.29, 0.717) is 43.0 Å². The molecule has 3 rings (SSSR count). The van der Waals surface area contributed by atoms with Gasteiger partial charge in [-0.2, -0.15) is 5.10 Å². The van der Waals surface area contributed by atoms with Crippen LogP contribution >= 0.6 is 57.6 Å². The van der Waals surface area contributed by atoms with Crippen molar-refractivity contribution in [2.45, 2.75) is 18.8 Å². The number of ether oxygens (including phenoxy) is 3. The van der Waals surface area contributed by atoms with E-state index < -0.39 is 18.5 Å².